The monoisotopic (exact) mass is 479 g/mol. The Hall–Kier alpha value is -3.42. The minimum atomic E-state index is -0.427. The van der Waals surface area contributed by atoms with E-state index in [4.69, 9.17) is 16.0 Å². The third-order valence-electron chi connectivity index (χ3n) is 6.39. The summed E-state index contributed by atoms with van der Waals surface area (Å²) in [5.41, 5.74) is 2.45. The molecule has 0 radical (unpaired) electrons. The van der Waals surface area contributed by atoms with Gasteiger partial charge < -0.3 is 19.5 Å². The number of nitrogens with one attached hydrogen (secondary N) is 1. The van der Waals surface area contributed by atoms with Crippen LogP contribution in [0.1, 0.15) is 28.1 Å². The first-order valence-electron chi connectivity index (χ1n) is 11.0. The summed E-state index contributed by atoms with van der Waals surface area (Å²) in [7, 11) is 3.87. The molecule has 2 aliphatic heterocycles. The molecule has 174 valence electrons. The van der Waals surface area contributed by atoms with Crippen molar-refractivity contribution in [1.29, 1.82) is 0 Å². The van der Waals surface area contributed by atoms with Gasteiger partial charge in [-0.3, -0.25) is 9.59 Å². The molecule has 3 aromatic rings. The lowest BCUT2D eigenvalue weighted by Gasteiger charge is -2.24. The molecule has 1 saturated heterocycles. The van der Waals surface area contributed by atoms with Crippen molar-refractivity contribution in [3.63, 3.8) is 0 Å². The van der Waals surface area contributed by atoms with E-state index in [0.29, 0.717) is 44.5 Å². The lowest BCUT2D eigenvalue weighted by Crippen LogP contribution is -2.38. The first-order chi connectivity index (χ1) is 16.3. The zero-order valence-corrected chi connectivity index (χ0v) is 19.5. The molecule has 1 unspecified atom stereocenters. The summed E-state index contributed by atoms with van der Waals surface area (Å²) >= 11 is 6.44. The predicted molar refractivity (Wildman–Crippen MR) is 130 cm³/mol. The van der Waals surface area contributed by atoms with E-state index >= 15 is 0 Å². The highest BCUT2D eigenvalue weighted by Crippen LogP contribution is 2.36. The van der Waals surface area contributed by atoms with Gasteiger partial charge in [0.05, 0.1) is 10.6 Å². The number of carbonyl (C=O) groups excluding carboxylic acids is 2. The van der Waals surface area contributed by atoms with Crippen LogP contribution in [0.4, 0.5) is 10.1 Å². The first kappa shape index (κ1) is 22.4. The second kappa shape index (κ2) is 8.74. The minimum absolute atomic E-state index is 0.0756. The number of halogens is 2. The van der Waals surface area contributed by atoms with Gasteiger partial charge in [0.1, 0.15) is 17.3 Å². The van der Waals surface area contributed by atoms with Crippen LogP contribution >= 0.6 is 11.6 Å². The molecule has 5 rings (SSSR count). The smallest absolute Gasteiger partial charge is 0.256 e. The van der Waals surface area contributed by atoms with Crippen molar-refractivity contribution in [2.75, 3.05) is 32.5 Å². The summed E-state index contributed by atoms with van der Waals surface area (Å²) in [5.74, 6) is 0.0469. The van der Waals surface area contributed by atoms with E-state index in [0.717, 1.165) is 19.5 Å². The summed E-state index contributed by atoms with van der Waals surface area (Å²) in [5, 5.41) is 3.16. The fourth-order valence-electron chi connectivity index (χ4n) is 4.47. The average Bonchev–Trinajstić information content (AvgIpc) is 3.53. The Kier molecular flexibility index (Phi) is 5.75. The molecule has 0 aliphatic carbocycles. The number of furan rings is 1. The average molecular weight is 480 g/mol. The van der Waals surface area contributed by atoms with Gasteiger partial charge in [0.2, 0.25) is 0 Å². The van der Waals surface area contributed by atoms with Gasteiger partial charge in [0.15, 0.2) is 0 Å². The van der Waals surface area contributed by atoms with Crippen molar-refractivity contribution < 1.29 is 18.4 Å². The van der Waals surface area contributed by atoms with E-state index in [-0.39, 0.29) is 17.9 Å². The first-order valence-corrected chi connectivity index (χ1v) is 11.4. The van der Waals surface area contributed by atoms with E-state index in [2.05, 4.69) is 10.2 Å². The summed E-state index contributed by atoms with van der Waals surface area (Å²) in [6, 6.07) is 12.9. The topological polar surface area (TPSA) is 65.8 Å². The Balaban J connectivity index is 1.43. The number of likely N-dealkylation sites (N-methyl/N-ethyl adjacent to an activating group) is 2. The highest BCUT2D eigenvalue weighted by molar-refractivity contribution is 6.35. The van der Waals surface area contributed by atoms with Crippen LogP contribution in [0.2, 0.25) is 5.02 Å². The van der Waals surface area contributed by atoms with Crippen LogP contribution in [0, 0.1) is 5.82 Å². The Labute approximate surface area is 201 Å². The summed E-state index contributed by atoms with van der Waals surface area (Å²) < 4.78 is 19.7. The third-order valence-corrected chi connectivity index (χ3v) is 6.72. The number of carbonyl (C=O) groups is 2. The number of likely N-dealkylation sites (tertiary alicyclic amines) is 1. The lowest BCUT2D eigenvalue weighted by atomic mass is 10.1. The zero-order valence-electron chi connectivity index (χ0n) is 18.8. The molecule has 1 fully saturated rings. The maximum Gasteiger partial charge on any atom is 0.256 e. The van der Waals surface area contributed by atoms with Crippen LogP contribution in [0.5, 0.6) is 0 Å². The molecule has 3 heterocycles. The van der Waals surface area contributed by atoms with Crippen LogP contribution in [0.25, 0.3) is 23.0 Å². The molecule has 1 aromatic heterocycles. The van der Waals surface area contributed by atoms with Gasteiger partial charge in [-0.15, -0.1) is 0 Å². The van der Waals surface area contributed by atoms with E-state index in [1.54, 1.807) is 41.3 Å². The number of fused-ring (bicyclic) bond motifs is 1. The van der Waals surface area contributed by atoms with Crippen molar-refractivity contribution in [2.24, 2.45) is 0 Å². The molecular formula is C26H23ClFN3O3. The lowest BCUT2D eigenvalue weighted by molar-refractivity contribution is -0.110. The Morgan fingerprint density at radius 1 is 1.21 bits per heavy atom. The molecular weight excluding hydrogens is 457 g/mol. The summed E-state index contributed by atoms with van der Waals surface area (Å²) in [6.07, 6.45) is 2.51. The van der Waals surface area contributed by atoms with Crippen LogP contribution < -0.4 is 5.32 Å². The standard InChI is InChI=1S/C26H23ClFN3O3/c1-30-10-9-17(14-30)31(2)26(33)15-3-6-22(27)21(11-15)24-8-5-18(34-24)13-20-19-12-16(28)4-7-23(19)29-25(20)32/h3-8,11-13,17H,9-10,14H2,1-2H3,(H,29,32). The SMILES string of the molecule is CN1CCC(N(C)C(=O)c2ccc(Cl)c(-c3ccc(C=C4C(=O)Nc5ccc(F)cc54)o3)c2)C1. The molecule has 1 atom stereocenters. The van der Waals surface area contributed by atoms with Gasteiger partial charge in [0, 0.05) is 42.0 Å². The second-order valence-electron chi connectivity index (χ2n) is 8.72. The number of rotatable bonds is 4. The molecule has 2 amide bonds. The van der Waals surface area contributed by atoms with Crippen LogP contribution in [-0.2, 0) is 4.79 Å². The van der Waals surface area contributed by atoms with Crippen molar-refractivity contribution >= 4 is 40.8 Å². The number of benzene rings is 2. The van der Waals surface area contributed by atoms with Gasteiger partial charge >= 0.3 is 0 Å². The van der Waals surface area contributed by atoms with E-state index < -0.39 is 5.82 Å². The van der Waals surface area contributed by atoms with E-state index in [1.807, 2.05) is 14.1 Å². The Morgan fingerprint density at radius 2 is 2.03 bits per heavy atom. The maximum absolute atomic E-state index is 13.7. The number of nitrogens with zero attached hydrogens (tertiary/aromatic N) is 2. The molecule has 1 N–H and O–H groups in total. The largest absolute Gasteiger partial charge is 0.457 e. The second-order valence-corrected chi connectivity index (χ2v) is 9.13. The number of amides is 2. The van der Waals surface area contributed by atoms with Crippen LogP contribution in [0.15, 0.2) is 52.9 Å². The van der Waals surface area contributed by atoms with Gasteiger partial charge in [0.25, 0.3) is 11.8 Å². The molecule has 0 bridgehead atoms. The molecule has 8 heteroatoms. The van der Waals surface area contributed by atoms with Gasteiger partial charge in [-0.2, -0.15) is 0 Å². The third kappa shape index (κ3) is 4.13. The van der Waals surface area contributed by atoms with Crippen molar-refractivity contribution in [2.45, 2.75) is 12.5 Å². The fourth-order valence-corrected chi connectivity index (χ4v) is 4.68. The molecule has 0 saturated carbocycles. The Morgan fingerprint density at radius 3 is 2.79 bits per heavy atom. The van der Waals surface area contributed by atoms with Crippen molar-refractivity contribution in [1.82, 2.24) is 9.80 Å². The van der Waals surface area contributed by atoms with Gasteiger partial charge in [-0.1, -0.05) is 11.6 Å². The predicted octanol–water partition coefficient (Wildman–Crippen LogP) is 5.01. The molecule has 2 aliphatic rings. The number of anilines is 1. The highest BCUT2D eigenvalue weighted by atomic mass is 35.5. The highest BCUT2D eigenvalue weighted by Gasteiger charge is 2.28. The number of hydrogen-bond donors (Lipinski definition) is 1. The van der Waals surface area contributed by atoms with Crippen molar-refractivity contribution in [3.05, 3.63) is 76.3 Å². The van der Waals surface area contributed by atoms with Crippen LogP contribution in [-0.4, -0.2) is 54.8 Å². The zero-order chi connectivity index (χ0) is 24.0. The normalized spacial score (nSPS) is 18.9. The molecule has 2 aromatic carbocycles. The Bertz CT molecular complexity index is 1330. The maximum atomic E-state index is 13.7. The van der Waals surface area contributed by atoms with Gasteiger partial charge in [-0.25, -0.2) is 4.39 Å². The fraction of sp³-hybridized carbons (Fsp3) is 0.231. The van der Waals surface area contributed by atoms with E-state index in [1.165, 1.54) is 18.2 Å². The quantitative estimate of drug-likeness (QED) is 0.534. The van der Waals surface area contributed by atoms with Crippen LogP contribution in [0.3, 0.4) is 0 Å². The van der Waals surface area contributed by atoms with Gasteiger partial charge in [-0.05, 0) is 74.6 Å². The summed E-state index contributed by atoms with van der Waals surface area (Å²) in [4.78, 5) is 29.5. The van der Waals surface area contributed by atoms with Crippen molar-refractivity contribution in [3.8, 4) is 11.3 Å². The molecule has 34 heavy (non-hydrogen) atoms. The van der Waals surface area contributed by atoms with E-state index in [9.17, 15) is 14.0 Å². The molecule has 0 spiro atoms. The number of hydrogen-bond acceptors (Lipinski definition) is 4. The molecule has 6 nitrogen and oxygen atoms in total. The minimum Gasteiger partial charge on any atom is -0.457 e. The summed E-state index contributed by atoms with van der Waals surface area (Å²) in [6.45, 7) is 1.81.